The van der Waals surface area contributed by atoms with Crippen molar-refractivity contribution in [2.75, 3.05) is 6.54 Å². The molecule has 0 amide bonds. The Balaban J connectivity index is 2.23. The van der Waals surface area contributed by atoms with E-state index in [4.69, 9.17) is 23.2 Å². The summed E-state index contributed by atoms with van der Waals surface area (Å²) < 4.78 is 1.79. The average Bonchev–Trinajstić information content (AvgIpc) is 2.74. The molecule has 2 aromatic heterocycles. The van der Waals surface area contributed by atoms with Crippen molar-refractivity contribution in [3.63, 3.8) is 0 Å². The molecule has 1 atom stereocenters. The Labute approximate surface area is 122 Å². The number of aromatic nitrogens is 3. The number of hydrogen-bond acceptors (Lipinski definition) is 3. The number of aryl methyl sites for hydroxylation is 1. The Morgan fingerprint density at radius 3 is 2.79 bits per heavy atom. The van der Waals surface area contributed by atoms with Gasteiger partial charge in [-0.05, 0) is 18.7 Å². The van der Waals surface area contributed by atoms with Crippen LogP contribution in [0.2, 0.25) is 10.0 Å². The van der Waals surface area contributed by atoms with E-state index in [-0.39, 0.29) is 6.04 Å². The standard InChI is InChI=1S/C13H16Cl2N4/c1-3-16-12(7-10-4-5-19(2)18-10)13-11(15)6-9(14)8-17-13/h4-6,8,12,16H,3,7H2,1-2H3. The molecule has 0 fully saturated rings. The normalized spacial score (nSPS) is 12.6. The van der Waals surface area contributed by atoms with Crippen LogP contribution < -0.4 is 5.32 Å². The van der Waals surface area contributed by atoms with Crippen LogP contribution in [0.5, 0.6) is 0 Å². The molecule has 0 aliphatic rings. The van der Waals surface area contributed by atoms with Gasteiger partial charge in [-0.1, -0.05) is 30.1 Å². The van der Waals surface area contributed by atoms with E-state index in [1.807, 2.05) is 19.3 Å². The van der Waals surface area contributed by atoms with Crippen molar-refractivity contribution in [1.82, 2.24) is 20.1 Å². The fourth-order valence-corrected chi connectivity index (χ4v) is 2.49. The van der Waals surface area contributed by atoms with E-state index in [0.717, 1.165) is 24.4 Å². The molecule has 0 aliphatic carbocycles. The van der Waals surface area contributed by atoms with Crippen molar-refractivity contribution in [1.29, 1.82) is 0 Å². The van der Waals surface area contributed by atoms with E-state index in [1.54, 1.807) is 16.9 Å². The second kappa shape index (κ2) is 6.37. The fraction of sp³-hybridized carbons (Fsp3) is 0.385. The monoisotopic (exact) mass is 298 g/mol. The summed E-state index contributed by atoms with van der Waals surface area (Å²) in [6.07, 6.45) is 4.28. The van der Waals surface area contributed by atoms with Crippen LogP contribution in [-0.4, -0.2) is 21.3 Å². The van der Waals surface area contributed by atoms with Gasteiger partial charge in [0.15, 0.2) is 0 Å². The molecule has 1 N–H and O–H groups in total. The lowest BCUT2D eigenvalue weighted by Crippen LogP contribution is -2.24. The average molecular weight is 299 g/mol. The first kappa shape index (κ1) is 14.3. The largest absolute Gasteiger partial charge is 0.309 e. The number of nitrogens with zero attached hydrogens (tertiary/aromatic N) is 3. The summed E-state index contributed by atoms with van der Waals surface area (Å²) in [5.41, 5.74) is 1.81. The smallest absolute Gasteiger partial charge is 0.0764 e. The second-order valence-electron chi connectivity index (χ2n) is 4.32. The number of likely N-dealkylation sites (N-methyl/N-ethyl adjacent to an activating group) is 1. The van der Waals surface area contributed by atoms with Crippen molar-refractivity contribution in [2.24, 2.45) is 7.05 Å². The molecule has 102 valence electrons. The minimum absolute atomic E-state index is 0.0321. The Bertz CT molecular complexity index is 553. The quantitative estimate of drug-likeness (QED) is 0.923. The molecule has 0 aromatic carbocycles. The lowest BCUT2D eigenvalue weighted by Gasteiger charge is -2.17. The highest BCUT2D eigenvalue weighted by Crippen LogP contribution is 2.25. The van der Waals surface area contributed by atoms with Crippen molar-refractivity contribution in [3.8, 4) is 0 Å². The van der Waals surface area contributed by atoms with Crippen LogP contribution in [0.3, 0.4) is 0 Å². The molecule has 2 aromatic rings. The molecular formula is C13H16Cl2N4. The SMILES string of the molecule is CCNC(Cc1ccn(C)n1)c1ncc(Cl)cc1Cl. The third-order valence-electron chi connectivity index (χ3n) is 2.80. The van der Waals surface area contributed by atoms with Gasteiger partial charge in [-0.3, -0.25) is 9.67 Å². The van der Waals surface area contributed by atoms with Gasteiger partial charge >= 0.3 is 0 Å². The highest BCUT2D eigenvalue weighted by atomic mass is 35.5. The molecule has 0 saturated heterocycles. The Hall–Kier alpha value is -1.10. The molecule has 0 bridgehead atoms. The van der Waals surface area contributed by atoms with Crippen LogP contribution in [0.15, 0.2) is 24.5 Å². The number of pyridine rings is 1. The summed E-state index contributed by atoms with van der Waals surface area (Å²) in [4.78, 5) is 4.34. The maximum absolute atomic E-state index is 6.22. The number of rotatable bonds is 5. The zero-order valence-corrected chi connectivity index (χ0v) is 12.4. The predicted octanol–water partition coefficient (Wildman–Crippen LogP) is 3.02. The van der Waals surface area contributed by atoms with Gasteiger partial charge in [-0.2, -0.15) is 5.10 Å². The zero-order chi connectivity index (χ0) is 13.8. The van der Waals surface area contributed by atoms with Crippen molar-refractivity contribution in [2.45, 2.75) is 19.4 Å². The number of hydrogen-bond donors (Lipinski definition) is 1. The molecule has 6 heteroatoms. The Morgan fingerprint density at radius 2 is 2.21 bits per heavy atom. The lowest BCUT2D eigenvalue weighted by molar-refractivity contribution is 0.528. The maximum atomic E-state index is 6.22. The summed E-state index contributed by atoms with van der Waals surface area (Å²) >= 11 is 12.1. The van der Waals surface area contributed by atoms with Crippen LogP contribution >= 0.6 is 23.2 Å². The highest BCUT2D eigenvalue weighted by molar-refractivity contribution is 6.34. The fourth-order valence-electron chi connectivity index (χ4n) is 1.97. The van der Waals surface area contributed by atoms with Gasteiger partial charge in [-0.15, -0.1) is 0 Å². The van der Waals surface area contributed by atoms with E-state index in [2.05, 4.69) is 22.3 Å². The Morgan fingerprint density at radius 1 is 1.42 bits per heavy atom. The summed E-state index contributed by atoms with van der Waals surface area (Å²) in [5, 5.41) is 8.88. The highest BCUT2D eigenvalue weighted by Gasteiger charge is 2.17. The molecule has 0 spiro atoms. The van der Waals surface area contributed by atoms with Crippen molar-refractivity contribution < 1.29 is 0 Å². The van der Waals surface area contributed by atoms with Crippen LogP contribution in [0, 0.1) is 0 Å². The molecule has 4 nitrogen and oxygen atoms in total. The minimum Gasteiger partial charge on any atom is -0.309 e. The number of nitrogens with one attached hydrogen (secondary N) is 1. The number of halogens is 2. The van der Waals surface area contributed by atoms with Gasteiger partial charge in [-0.25, -0.2) is 0 Å². The molecule has 2 rings (SSSR count). The first-order chi connectivity index (χ1) is 9.10. The topological polar surface area (TPSA) is 42.7 Å². The first-order valence-corrected chi connectivity index (χ1v) is 6.88. The lowest BCUT2D eigenvalue weighted by atomic mass is 10.1. The summed E-state index contributed by atoms with van der Waals surface area (Å²) in [6.45, 7) is 2.88. The van der Waals surface area contributed by atoms with Crippen LogP contribution in [0.25, 0.3) is 0 Å². The van der Waals surface area contributed by atoms with Crippen molar-refractivity contribution >= 4 is 23.2 Å². The van der Waals surface area contributed by atoms with Crippen LogP contribution in [0.1, 0.15) is 24.4 Å². The summed E-state index contributed by atoms with van der Waals surface area (Å²) in [7, 11) is 1.90. The van der Waals surface area contributed by atoms with Gasteiger partial charge in [0.1, 0.15) is 0 Å². The molecular weight excluding hydrogens is 283 g/mol. The second-order valence-corrected chi connectivity index (χ2v) is 5.16. The Kier molecular flexibility index (Phi) is 4.80. The minimum atomic E-state index is 0.0321. The summed E-state index contributed by atoms with van der Waals surface area (Å²) in [5.74, 6) is 0. The van der Waals surface area contributed by atoms with Gasteiger partial charge in [0.2, 0.25) is 0 Å². The van der Waals surface area contributed by atoms with E-state index in [0.29, 0.717) is 10.0 Å². The molecule has 0 saturated carbocycles. The molecule has 0 radical (unpaired) electrons. The van der Waals surface area contributed by atoms with E-state index in [1.165, 1.54) is 0 Å². The van der Waals surface area contributed by atoms with Gasteiger partial charge < -0.3 is 5.32 Å². The van der Waals surface area contributed by atoms with E-state index >= 15 is 0 Å². The third kappa shape index (κ3) is 3.69. The molecule has 19 heavy (non-hydrogen) atoms. The predicted molar refractivity (Wildman–Crippen MR) is 77.6 cm³/mol. The van der Waals surface area contributed by atoms with Crippen LogP contribution in [-0.2, 0) is 13.5 Å². The van der Waals surface area contributed by atoms with E-state index < -0.39 is 0 Å². The molecule has 0 aliphatic heterocycles. The molecule has 2 heterocycles. The van der Waals surface area contributed by atoms with Crippen molar-refractivity contribution in [3.05, 3.63) is 46.0 Å². The van der Waals surface area contributed by atoms with E-state index in [9.17, 15) is 0 Å². The van der Waals surface area contributed by atoms with Crippen LogP contribution in [0.4, 0.5) is 0 Å². The zero-order valence-electron chi connectivity index (χ0n) is 10.9. The van der Waals surface area contributed by atoms with Gasteiger partial charge in [0, 0.05) is 25.9 Å². The van der Waals surface area contributed by atoms with Gasteiger partial charge in [0.25, 0.3) is 0 Å². The third-order valence-corrected chi connectivity index (χ3v) is 3.31. The molecule has 1 unspecified atom stereocenters. The summed E-state index contributed by atoms with van der Waals surface area (Å²) in [6, 6.07) is 3.74. The maximum Gasteiger partial charge on any atom is 0.0764 e. The first-order valence-electron chi connectivity index (χ1n) is 6.13. The van der Waals surface area contributed by atoms with Gasteiger partial charge in [0.05, 0.1) is 27.5 Å².